The lowest BCUT2D eigenvalue weighted by molar-refractivity contribution is -0.117. The van der Waals surface area contributed by atoms with Gasteiger partial charge < -0.3 is 11.1 Å². The summed E-state index contributed by atoms with van der Waals surface area (Å²) in [5.74, 6) is -1.05. The average Bonchev–Trinajstić information content (AvgIpc) is 2.22. The van der Waals surface area contributed by atoms with Crippen LogP contribution in [0.5, 0.6) is 0 Å². The third kappa shape index (κ3) is 3.32. The quantitative estimate of drug-likeness (QED) is 0.797. The van der Waals surface area contributed by atoms with Gasteiger partial charge in [0.05, 0.1) is 11.7 Å². The molecule has 0 saturated carbocycles. The molecule has 1 aromatic rings. The third-order valence-corrected chi connectivity index (χ3v) is 2.18. The van der Waals surface area contributed by atoms with E-state index in [9.17, 15) is 9.18 Å². The van der Waals surface area contributed by atoms with E-state index in [0.717, 1.165) is 6.07 Å². The molecule has 86 valence electrons. The maximum absolute atomic E-state index is 13.3. The summed E-state index contributed by atoms with van der Waals surface area (Å²) in [6, 6.07) is 3.26. The largest absolute Gasteiger partial charge is 0.322 e. The minimum Gasteiger partial charge on any atom is -0.322 e. The first kappa shape index (κ1) is 12.7. The van der Waals surface area contributed by atoms with Crippen molar-refractivity contribution in [2.24, 2.45) is 5.73 Å². The van der Waals surface area contributed by atoms with Crippen LogP contribution >= 0.6 is 11.6 Å². The monoisotopic (exact) mass is 242 g/mol. The van der Waals surface area contributed by atoms with Gasteiger partial charge >= 0.3 is 0 Å². The van der Waals surface area contributed by atoms with Crippen molar-refractivity contribution in [2.45, 2.75) is 12.5 Å². The van der Waals surface area contributed by atoms with E-state index in [1.54, 1.807) is 0 Å². The van der Waals surface area contributed by atoms with Gasteiger partial charge in [-0.15, -0.1) is 6.58 Å². The summed E-state index contributed by atoms with van der Waals surface area (Å²) >= 11 is 5.58. The molecule has 0 fully saturated rings. The van der Waals surface area contributed by atoms with Gasteiger partial charge in [0.2, 0.25) is 5.91 Å². The Labute approximate surface area is 98.1 Å². The van der Waals surface area contributed by atoms with Crippen LogP contribution in [0, 0.1) is 5.82 Å². The lowest BCUT2D eigenvalue weighted by atomic mass is 10.2. The highest BCUT2D eigenvalue weighted by molar-refractivity contribution is 6.30. The molecular formula is C11H12ClFN2O. The van der Waals surface area contributed by atoms with Gasteiger partial charge in [-0.05, 0) is 24.6 Å². The fourth-order valence-electron chi connectivity index (χ4n) is 1.10. The number of rotatable bonds is 4. The normalized spacial score (nSPS) is 11.9. The molecule has 1 aromatic carbocycles. The van der Waals surface area contributed by atoms with E-state index in [1.807, 2.05) is 0 Å². The Morgan fingerprint density at radius 2 is 2.38 bits per heavy atom. The van der Waals surface area contributed by atoms with Crippen LogP contribution in [-0.2, 0) is 4.79 Å². The summed E-state index contributed by atoms with van der Waals surface area (Å²) in [5, 5.41) is 2.65. The topological polar surface area (TPSA) is 55.1 Å². The van der Waals surface area contributed by atoms with Crippen LogP contribution in [0.2, 0.25) is 5.02 Å². The van der Waals surface area contributed by atoms with Crippen LogP contribution in [0.15, 0.2) is 30.9 Å². The van der Waals surface area contributed by atoms with Crippen molar-refractivity contribution in [1.82, 2.24) is 0 Å². The smallest absolute Gasteiger partial charge is 0.241 e. The number of hydrogen-bond donors (Lipinski definition) is 2. The number of nitrogens with two attached hydrogens (primary N) is 1. The lowest BCUT2D eigenvalue weighted by Crippen LogP contribution is -2.35. The van der Waals surface area contributed by atoms with E-state index in [1.165, 1.54) is 18.2 Å². The van der Waals surface area contributed by atoms with Gasteiger partial charge in [-0.1, -0.05) is 17.7 Å². The number of halogens is 2. The molecule has 0 spiro atoms. The van der Waals surface area contributed by atoms with Crippen molar-refractivity contribution in [3.63, 3.8) is 0 Å². The number of anilines is 1. The highest BCUT2D eigenvalue weighted by atomic mass is 35.5. The Morgan fingerprint density at radius 1 is 1.69 bits per heavy atom. The molecule has 0 bridgehead atoms. The van der Waals surface area contributed by atoms with Crippen molar-refractivity contribution in [2.75, 3.05) is 5.32 Å². The first-order valence-electron chi connectivity index (χ1n) is 4.67. The van der Waals surface area contributed by atoms with Gasteiger partial charge in [0.25, 0.3) is 0 Å². The molecule has 0 aliphatic carbocycles. The van der Waals surface area contributed by atoms with Gasteiger partial charge in [-0.3, -0.25) is 4.79 Å². The number of benzene rings is 1. The van der Waals surface area contributed by atoms with Crippen molar-refractivity contribution >= 4 is 23.2 Å². The molecule has 0 heterocycles. The second-order valence-electron chi connectivity index (χ2n) is 3.24. The van der Waals surface area contributed by atoms with Crippen LogP contribution in [-0.4, -0.2) is 11.9 Å². The maximum Gasteiger partial charge on any atom is 0.241 e. The zero-order valence-corrected chi connectivity index (χ0v) is 9.30. The van der Waals surface area contributed by atoms with Crippen molar-refractivity contribution < 1.29 is 9.18 Å². The molecule has 1 unspecified atom stereocenters. The van der Waals surface area contributed by atoms with Crippen LogP contribution in [0.3, 0.4) is 0 Å². The molecule has 0 radical (unpaired) electrons. The predicted molar refractivity (Wildman–Crippen MR) is 62.8 cm³/mol. The molecule has 16 heavy (non-hydrogen) atoms. The zero-order valence-electron chi connectivity index (χ0n) is 8.54. The lowest BCUT2D eigenvalue weighted by Gasteiger charge is -2.10. The average molecular weight is 243 g/mol. The molecule has 0 aliphatic heterocycles. The first-order chi connectivity index (χ1) is 7.54. The van der Waals surface area contributed by atoms with E-state index in [2.05, 4.69) is 11.9 Å². The number of carbonyl (C=O) groups excluding carboxylic acids is 1. The Kier molecular flexibility index (Phi) is 4.46. The molecule has 3 N–H and O–H groups in total. The molecule has 1 rings (SSSR count). The van der Waals surface area contributed by atoms with E-state index >= 15 is 0 Å². The van der Waals surface area contributed by atoms with Crippen molar-refractivity contribution in [1.29, 1.82) is 0 Å². The minimum atomic E-state index is -0.729. The fourth-order valence-corrected chi connectivity index (χ4v) is 1.26. The molecule has 1 amide bonds. The van der Waals surface area contributed by atoms with Crippen molar-refractivity contribution in [3.8, 4) is 0 Å². The van der Waals surface area contributed by atoms with Crippen molar-refractivity contribution in [3.05, 3.63) is 41.7 Å². The Hall–Kier alpha value is -1.39. The van der Waals surface area contributed by atoms with E-state index < -0.39 is 17.8 Å². The van der Waals surface area contributed by atoms with Gasteiger partial charge in [-0.25, -0.2) is 4.39 Å². The summed E-state index contributed by atoms with van der Waals surface area (Å²) in [6.07, 6.45) is 1.86. The summed E-state index contributed by atoms with van der Waals surface area (Å²) in [6.45, 7) is 3.47. The highest BCUT2D eigenvalue weighted by Gasteiger charge is 2.13. The molecule has 3 nitrogen and oxygen atoms in total. The number of amides is 1. The summed E-state index contributed by atoms with van der Waals surface area (Å²) in [7, 11) is 0. The van der Waals surface area contributed by atoms with E-state index in [-0.39, 0.29) is 10.7 Å². The molecule has 5 heteroatoms. The standard InChI is InChI=1S/C11H12ClFN2O/c1-2-3-9(14)11(16)15-10-5-4-7(12)6-8(10)13/h2,4-6,9H,1,3,14H2,(H,15,16). The van der Waals surface area contributed by atoms with Crippen LogP contribution in [0.1, 0.15) is 6.42 Å². The van der Waals surface area contributed by atoms with Crippen LogP contribution in [0.4, 0.5) is 10.1 Å². The number of hydrogen-bond acceptors (Lipinski definition) is 2. The Bertz CT molecular complexity index is 409. The second-order valence-corrected chi connectivity index (χ2v) is 3.68. The van der Waals surface area contributed by atoms with Gasteiger partial charge in [-0.2, -0.15) is 0 Å². The molecule has 0 aromatic heterocycles. The maximum atomic E-state index is 13.3. The fraction of sp³-hybridized carbons (Fsp3) is 0.182. The summed E-state index contributed by atoms with van der Waals surface area (Å²) in [5.41, 5.74) is 5.59. The van der Waals surface area contributed by atoms with E-state index in [4.69, 9.17) is 17.3 Å². The minimum absolute atomic E-state index is 0.0638. The zero-order chi connectivity index (χ0) is 12.1. The van der Waals surface area contributed by atoms with Gasteiger partial charge in [0.1, 0.15) is 5.82 Å². The third-order valence-electron chi connectivity index (χ3n) is 1.95. The van der Waals surface area contributed by atoms with Crippen LogP contribution in [0.25, 0.3) is 0 Å². The number of nitrogens with one attached hydrogen (secondary N) is 1. The summed E-state index contributed by atoms with van der Waals surface area (Å²) < 4.78 is 13.3. The predicted octanol–water partition coefficient (Wildman–Crippen LogP) is 2.32. The highest BCUT2D eigenvalue weighted by Crippen LogP contribution is 2.18. The van der Waals surface area contributed by atoms with Gasteiger partial charge in [0.15, 0.2) is 0 Å². The Balaban J connectivity index is 2.73. The first-order valence-corrected chi connectivity index (χ1v) is 5.04. The molecule has 0 aliphatic rings. The Morgan fingerprint density at radius 3 is 2.94 bits per heavy atom. The molecule has 1 atom stereocenters. The number of carbonyl (C=O) groups is 1. The summed E-state index contributed by atoms with van der Waals surface area (Å²) in [4.78, 5) is 11.5. The van der Waals surface area contributed by atoms with Gasteiger partial charge in [0, 0.05) is 5.02 Å². The second kappa shape index (κ2) is 5.63. The molecule has 0 saturated heterocycles. The van der Waals surface area contributed by atoms with E-state index in [0.29, 0.717) is 6.42 Å². The van der Waals surface area contributed by atoms with Crippen LogP contribution < -0.4 is 11.1 Å². The molecular weight excluding hydrogens is 231 g/mol. The SMILES string of the molecule is C=CCC(N)C(=O)Nc1ccc(Cl)cc1F.